The quantitative estimate of drug-likeness (QED) is 0.734. The molecule has 2 heterocycles. The van der Waals surface area contributed by atoms with Gasteiger partial charge in [0.2, 0.25) is 10.0 Å². The first-order valence-electron chi connectivity index (χ1n) is 5.48. The molecule has 0 saturated heterocycles. The molecule has 20 heavy (non-hydrogen) atoms. The van der Waals surface area contributed by atoms with Crippen molar-refractivity contribution in [1.82, 2.24) is 9.97 Å². The number of thiophene rings is 1. The van der Waals surface area contributed by atoms with E-state index in [-0.39, 0.29) is 4.90 Å². The highest BCUT2D eigenvalue weighted by atomic mass is 35.5. The third kappa shape index (κ3) is 2.40. The van der Waals surface area contributed by atoms with Gasteiger partial charge in [-0.05, 0) is 23.8 Å². The first-order chi connectivity index (χ1) is 9.45. The smallest absolute Gasteiger partial charge is 0.235 e. The summed E-state index contributed by atoms with van der Waals surface area (Å²) >= 11 is 7.46. The van der Waals surface area contributed by atoms with Crippen LogP contribution in [0, 0.1) is 0 Å². The molecule has 5 nitrogen and oxygen atoms in total. The molecule has 0 radical (unpaired) electrons. The number of nitrogens with two attached hydrogens (primary N) is 1. The third-order valence-corrected chi connectivity index (χ3v) is 5.24. The van der Waals surface area contributed by atoms with Gasteiger partial charge in [0.05, 0.1) is 15.1 Å². The van der Waals surface area contributed by atoms with Gasteiger partial charge in [-0.25, -0.2) is 23.5 Å². The van der Waals surface area contributed by atoms with Crippen molar-refractivity contribution >= 4 is 43.2 Å². The van der Waals surface area contributed by atoms with Crippen molar-refractivity contribution in [3.63, 3.8) is 0 Å². The number of sulfonamides is 1. The van der Waals surface area contributed by atoms with Crippen molar-refractivity contribution in [3.05, 3.63) is 41.8 Å². The lowest BCUT2D eigenvalue weighted by Gasteiger charge is -2.00. The lowest BCUT2D eigenvalue weighted by Crippen LogP contribution is -2.11. The summed E-state index contributed by atoms with van der Waals surface area (Å²) in [6.07, 6.45) is 1.41. The second kappa shape index (κ2) is 4.78. The molecule has 0 aliphatic carbocycles. The van der Waals surface area contributed by atoms with Crippen LogP contribution in [0.5, 0.6) is 0 Å². The zero-order chi connectivity index (χ0) is 14.3. The van der Waals surface area contributed by atoms with Crippen molar-refractivity contribution in [1.29, 1.82) is 0 Å². The summed E-state index contributed by atoms with van der Waals surface area (Å²) in [6.45, 7) is 0. The SMILES string of the molecule is NS(=O)(=O)c1ccc(-c2cc3ncnc(Cl)c3s2)cc1. The van der Waals surface area contributed by atoms with Gasteiger partial charge in [0.1, 0.15) is 11.5 Å². The number of halogens is 1. The van der Waals surface area contributed by atoms with Crippen molar-refractivity contribution in [2.24, 2.45) is 5.14 Å². The molecule has 1 aromatic carbocycles. The number of primary sulfonamides is 1. The highest BCUT2D eigenvalue weighted by Gasteiger charge is 2.11. The molecule has 8 heteroatoms. The largest absolute Gasteiger partial charge is 0.238 e. The van der Waals surface area contributed by atoms with Gasteiger partial charge in [0.15, 0.2) is 0 Å². The van der Waals surface area contributed by atoms with Crippen LogP contribution in [-0.4, -0.2) is 18.4 Å². The topological polar surface area (TPSA) is 85.9 Å². The van der Waals surface area contributed by atoms with Gasteiger partial charge in [-0.15, -0.1) is 11.3 Å². The Labute approximate surface area is 124 Å². The van der Waals surface area contributed by atoms with E-state index in [9.17, 15) is 8.42 Å². The average molecular weight is 326 g/mol. The van der Waals surface area contributed by atoms with Crippen molar-refractivity contribution < 1.29 is 8.42 Å². The molecule has 3 rings (SSSR count). The van der Waals surface area contributed by atoms with Crippen LogP contribution in [0.3, 0.4) is 0 Å². The molecule has 0 unspecified atom stereocenters. The summed E-state index contributed by atoms with van der Waals surface area (Å²) in [5, 5.41) is 5.48. The predicted octanol–water partition coefficient (Wildman–Crippen LogP) is 2.66. The Morgan fingerprint density at radius 1 is 1.15 bits per heavy atom. The first kappa shape index (κ1) is 13.4. The minimum atomic E-state index is -3.67. The minimum Gasteiger partial charge on any atom is -0.235 e. The van der Waals surface area contributed by atoms with Crippen LogP contribution in [0.4, 0.5) is 0 Å². The molecule has 0 aliphatic rings. The summed E-state index contributed by atoms with van der Waals surface area (Å²) in [7, 11) is -3.67. The highest BCUT2D eigenvalue weighted by molar-refractivity contribution is 7.89. The Bertz CT molecular complexity index is 889. The van der Waals surface area contributed by atoms with E-state index in [2.05, 4.69) is 9.97 Å². The molecular weight excluding hydrogens is 318 g/mol. The monoisotopic (exact) mass is 325 g/mol. The molecule has 2 aromatic heterocycles. The van der Waals surface area contributed by atoms with Gasteiger partial charge < -0.3 is 0 Å². The fourth-order valence-electron chi connectivity index (χ4n) is 1.78. The standard InChI is InChI=1S/C12H8ClN3O2S2/c13-12-11-9(15-6-16-12)5-10(19-11)7-1-3-8(4-2-7)20(14,17)18/h1-6H,(H2,14,17,18). The van der Waals surface area contributed by atoms with Gasteiger partial charge >= 0.3 is 0 Å². The van der Waals surface area contributed by atoms with Gasteiger partial charge in [-0.2, -0.15) is 0 Å². The third-order valence-electron chi connectivity index (χ3n) is 2.74. The number of rotatable bonds is 2. The summed E-state index contributed by atoms with van der Waals surface area (Å²) < 4.78 is 23.2. The van der Waals surface area contributed by atoms with E-state index in [0.29, 0.717) is 5.15 Å². The maximum Gasteiger partial charge on any atom is 0.238 e. The van der Waals surface area contributed by atoms with E-state index in [0.717, 1.165) is 20.7 Å². The fraction of sp³-hybridized carbons (Fsp3) is 0. The Balaban J connectivity index is 2.09. The molecule has 0 fully saturated rings. The molecule has 102 valence electrons. The summed E-state index contributed by atoms with van der Waals surface area (Å²) in [4.78, 5) is 9.09. The second-order valence-corrected chi connectivity index (χ2v) is 7.03. The lowest BCUT2D eigenvalue weighted by molar-refractivity contribution is 0.598. The number of hydrogen-bond donors (Lipinski definition) is 1. The number of benzene rings is 1. The number of hydrogen-bond acceptors (Lipinski definition) is 5. The van der Waals surface area contributed by atoms with E-state index in [1.54, 1.807) is 12.1 Å². The molecule has 3 aromatic rings. The van der Waals surface area contributed by atoms with E-state index in [1.165, 1.54) is 29.8 Å². The highest BCUT2D eigenvalue weighted by Crippen LogP contribution is 2.35. The van der Waals surface area contributed by atoms with Crippen LogP contribution in [-0.2, 0) is 10.0 Å². The molecule has 0 bridgehead atoms. The lowest BCUT2D eigenvalue weighted by atomic mass is 10.2. The van der Waals surface area contributed by atoms with Crippen LogP contribution in [0.1, 0.15) is 0 Å². The Kier molecular flexibility index (Phi) is 3.21. The van der Waals surface area contributed by atoms with Crippen LogP contribution >= 0.6 is 22.9 Å². The van der Waals surface area contributed by atoms with Gasteiger partial charge in [-0.3, -0.25) is 0 Å². The number of nitrogens with zero attached hydrogens (tertiary/aromatic N) is 2. The minimum absolute atomic E-state index is 0.0835. The molecule has 0 spiro atoms. The normalized spacial score (nSPS) is 11.9. The second-order valence-electron chi connectivity index (χ2n) is 4.06. The van der Waals surface area contributed by atoms with E-state index in [4.69, 9.17) is 16.7 Å². The van der Waals surface area contributed by atoms with Gasteiger partial charge in [0, 0.05) is 4.88 Å². The fourth-order valence-corrected chi connectivity index (χ4v) is 3.55. The maximum absolute atomic E-state index is 11.2. The first-order valence-corrected chi connectivity index (χ1v) is 8.22. The molecule has 2 N–H and O–H groups in total. The molecule has 0 amide bonds. The van der Waals surface area contributed by atoms with Crippen molar-refractivity contribution in [2.45, 2.75) is 4.90 Å². The summed E-state index contributed by atoms with van der Waals surface area (Å²) in [5.74, 6) is 0. The number of aromatic nitrogens is 2. The Hall–Kier alpha value is -1.54. The van der Waals surface area contributed by atoms with Gasteiger partial charge in [-0.1, -0.05) is 23.7 Å². The van der Waals surface area contributed by atoms with Crippen LogP contribution in [0.25, 0.3) is 20.7 Å². The van der Waals surface area contributed by atoms with Crippen molar-refractivity contribution in [3.8, 4) is 10.4 Å². The van der Waals surface area contributed by atoms with Crippen molar-refractivity contribution in [2.75, 3.05) is 0 Å². The molecule has 0 aliphatic heterocycles. The Morgan fingerprint density at radius 2 is 1.85 bits per heavy atom. The zero-order valence-electron chi connectivity index (χ0n) is 9.95. The zero-order valence-corrected chi connectivity index (χ0v) is 12.3. The predicted molar refractivity (Wildman–Crippen MR) is 79.2 cm³/mol. The molecule has 0 atom stereocenters. The Morgan fingerprint density at radius 3 is 2.45 bits per heavy atom. The summed E-state index contributed by atoms with van der Waals surface area (Å²) in [5.41, 5.74) is 1.64. The maximum atomic E-state index is 11.2. The number of fused-ring (bicyclic) bond motifs is 1. The van der Waals surface area contributed by atoms with Gasteiger partial charge in [0.25, 0.3) is 0 Å². The van der Waals surface area contributed by atoms with E-state index < -0.39 is 10.0 Å². The molecular formula is C12H8ClN3O2S2. The van der Waals surface area contributed by atoms with Crippen LogP contribution in [0.2, 0.25) is 5.15 Å². The van der Waals surface area contributed by atoms with E-state index in [1.807, 2.05) is 6.07 Å². The van der Waals surface area contributed by atoms with Crippen LogP contribution < -0.4 is 5.14 Å². The summed E-state index contributed by atoms with van der Waals surface area (Å²) in [6, 6.07) is 8.24. The van der Waals surface area contributed by atoms with E-state index >= 15 is 0 Å². The van der Waals surface area contributed by atoms with Crippen LogP contribution in [0.15, 0.2) is 41.6 Å². The molecule has 0 saturated carbocycles. The average Bonchev–Trinajstić information content (AvgIpc) is 2.83.